The Balaban J connectivity index is 3.68. The van der Waals surface area contributed by atoms with E-state index in [2.05, 4.69) is 29.8 Å². The first-order valence-electron chi connectivity index (χ1n) is 10.00. The van der Waals surface area contributed by atoms with Gasteiger partial charge in [0.2, 0.25) is 0 Å². The van der Waals surface area contributed by atoms with E-state index >= 15 is 0 Å². The third-order valence-corrected chi connectivity index (χ3v) is 4.86. The zero-order chi connectivity index (χ0) is 17.2. The summed E-state index contributed by atoms with van der Waals surface area (Å²) in [6.07, 6.45) is 17.6. The molecule has 0 N–H and O–H groups in total. The molecule has 0 bridgehead atoms. The highest BCUT2D eigenvalue weighted by atomic mass is 79.9. The Labute approximate surface area is 153 Å². The number of carbonyl (C=O) groups is 1. The highest BCUT2D eigenvalue weighted by Crippen LogP contribution is 2.15. The number of halogens is 1. The van der Waals surface area contributed by atoms with Crippen molar-refractivity contribution in [2.45, 2.75) is 116 Å². The summed E-state index contributed by atoms with van der Waals surface area (Å²) in [7, 11) is 0. The number of alkyl halides is 1. The van der Waals surface area contributed by atoms with E-state index in [1.807, 2.05) is 0 Å². The van der Waals surface area contributed by atoms with Gasteiger partial charge in [0.25, 0.3) is 0 Å². The van der Waals surface area contributed by atoms with E-state index in [1.165, 1.54) is 57.8 Å². The smallest absolute Gasteiger partial charge is 0.306 e. The van der Waals surface area contributed by atoms with E-state index in [0.29, 0.717) is 6.42 Å². The van der Waals surface area contributed by atoms with E-state index in [0.717, 1.165) is 37.4 Å². The summed E-state index contributed by atoms with van der Waals surface area (Å²) < 4.78 is 5.70. The first-order valence-corrected chi connectivity index (χ1v) is 11.1. The van der Waals surface area contributed by atoms with E-state index in [-0.39, 0.29) is 12.1 Å². The average Bonchev–Trinajstić information content (AvgIpc) is 2.54. The van der Waals surface area contributed by atoms with Crippen molar-refractivity contribution in [3.63, 3.8) is 0 Å². The van der Waals surface area contributed by atoms with Gasteiger partial charge < -0.3 is 4.74 Å². The van der Waals surface area contributed by atoms with Crippen molar-refractivity contribution in [2.75, 3.05) is 5.33 Å². The summed E-state index contributed by atoms with van der Waals surface area (Å²) in [5.41, 5.74) is 0. The van der Waals surface area contributed by atoms with E-state index in [9.17, 15) is 4.79 Å². The Bertz CT molecular complexity index is 256. The highest BCUT2D eigenvalue weighted by Gasteiger charge is 2.13. The fourth-order valence-electron chi connectivity index (χ4n) is 2.88. The van der Waals surface area contributed by atoms with Gasteiger partial charge in [-0.05, 0) is 32.1 Å². The molecule has 1 unspecified atom stereocenters. The fraction of sp³-hybridized carbons (Fsp3) is 0.950. The minimum atomic E-state index is 0.0231. The van der Waals surface area contributed by atoms with Crippen LogP contribution in [0.15, 0.2) is 0 Å². The lowest BCUT2D eigenvalue weighted by molar-refractivity contribution is -0.150. The second-order valence-electron chi connectivity index (χ2n) is 6.66. The van der Waals surface area contributed by atoms with E-state index in [4.69, 9.17) is 4.74 Å². The number of hydrogen-bond donors (Lipinski definition) is 0. The van der Waals surface area contributed by atoms with E-state index < -0.39 is 0 Å². The molecule has 0 heterocycles. The summed E-state index contributed by atoms with van der Waals surface area (Å²) in [6.45, 7) is 4.42. The van der Waals surface area contributed by atoms with Gasteiger partial charge in [-0.2, -0.15) is 0 Å². The van der Waals surface area contributed by atoms with Gasteiger partial charge in [-0.3, -0.25) is 4.79 Å². The first kappa shape index (κ1) is 22.9. The van der Waals surface area contributed by atoms with Crippen molar-refractivity contribution in [1.82, 2.24) is 0 Å². The lowest BCUT2D eigenvalue weighted by Crippen LogP contribution is -2.18. The zero-order valence-electron chi connectivity index (χ0n) is 15.6. The molecule has 0 spiro atoms. The summed E-state index contributed by atoms with van der Waals surface area (Å²) in [6, 6.07) is 0. The summed E-state index contributed by atoms with van der Waals surface area (Å²) in [5.74, 6) is 0.0231. The average molecular weight is 391 g/mol. The van der Waals surface area contributed by atoms with Crippen LogP contribution < -0.4 is 0 Å². The third kappa shape index (κ3) is 16.6. The Morgan fingerprint density at radius 2 is 1.39 bits per heavy atom. The van der Waals surface area contributed by atoms with Crippen LogP contribution in [-0.4, -0.2) is 17.4 Å². The maximum Gasteiger partial charge on any atom is 0.306 e. The monoisotopic (exact) mass is 390 g/mol. The minimum absolute atomic E-state index is 0.0231. The molecule has 0 aromatic rings. The van der Waals surface area contributed by atoms with Gasteiger partial charge in [-0.1, -0.05) is 87.6 Å². The van der Waals surface area contributed by atoms with Crippen molar-refractivity contribution in [1.29, 1.82) is 0 Å². The number of unbranched alkanes of at least 4 members (excludes halogenated alkanes) is 9. The normalized spacial score (nSPS) is 12.3. The third-order valence-electron chi connectivity index (χ3n) is 4.30. The fourth-order valence-corrected chi connectivity index (χ4v) is 3.27. The first-order chi connectivity index (χ1) is 11.2. The van der Waals surface area contributed by atoms with Gasteiger partial charge in [0.1, 0.15) is 6.10 Å². The molecule has 0 fully saturated rings. The molecule has 2 nitrogen and oxygen atoms in total. The van der Waals surface area contributed by atoms with Gasteiger partial charge in [0, 0.05) is 11.8 Å². The van der Waals surface area contributed by atoms with Gasteiger partial charge >= 0.3 is 5.97 Å². The molecule has 0 aliphatic carbocycles. The Kier molecular flexibility index (Phi) is 18.3. The maximum atomic E-state index is 12.0. The number of hydrogen-bond acceptors (Lipinski definition) is 2. The van der Waals surface area contributed by atoms with Gasteiger partial charge in [0.15, 0.2) is 0 Å². The highest BCUT2D eigenvalue weighted by molar-refractivity contribution is 9.09. The van der Waals surface area contributed by atoms with Crippen LogP contribution in [0.1, 0.15) is 110 Å². The van der Waals surface area contributed by atoms with Crippen LogP contribution in [0.4, 0.5) is 0 Å². The topological polar surface area (TPSA) is 26.3 Å². The largest absolute Gasteiger partial charge is 0.462 e. The van der Waals surface area contributed by atoms with Crippen molar-refractivity contribution >= 4 is 21.9 Å². The molecule has 0 saturated heterocycles. The number of esters is 1. The molecule has 0 saturated carbocycles. The number of rotatable bonds is 17. The number of ether oxygens (including phenoxy) is 1. The summed E-state index contributed by atoms with van der Waals surface area (Å²) in [5, 5.41) is 1.09. The molecule has 23 heavy (non-hydrogen) atoms. The molecular weight excluding hydrogens is 352 g/mol. The second kappa shape index (κ2) is 18.3. The Hall–Kier alpha value is -0.0500. The van der Waals surface area contributed by atoms with Crippen LogP contribution in [0.3, 0.4) is 0 Å². The van der Waals surface area contributed by atoms with Gasteiger partial charge in [0.05, 0.1) is 0 Å². The Morgan fingerprint density at radius 3 is 2.04 bits per heavy atom. The van der Waals surface area contributed by atoms with Crippen molar-refractivity contribution in [3.05, 3.63) is 0 Å². The van der Waals surface area contributed by atoms with Crippen molar-refractivity contribution < 1.29 is 9.53 Å². The summed E-state index contributed by atoms with van der Waals surface area (Å²) >= 11 is 3.45. The molecule has 1 atom stereocenters. The van der Waals surface area contributed by atoms with E-state index in [1.54, 1.807) is 0 Å². The molecule has 0 aromatic heterocycles. The van der Waals surface area contributed by atoms with Crippen LogP contribution in [0.2, 0.25) is 0 Å². The number of carbonyl (C=O) groups excluding carboxylic acids is 1. The predicted molar refractivity (Wildman–Crippen MR) is 104 cm³/mol. The molecule has 0 amide bonds. The van der Waals surface area contributed by atoms with Crippen LogP contribution in [0.25, 0.3) is 0 Å². The van der Waals surface area contributed by atoms with Crippen LogP contribution >= 0.6 is 15.9 Å². The van der Waals surface area contributed by atoms with Gasteiger partial charge in [-0.15, -0.1) is 0 Å². The molecule has 0 aromatic carbocycles. The van der Waals surface area contributed by atoms with Crippen LogP contribution in [-0.2, 0) is 9.53 Å². The minimum Gasteiger partial charge on any atom is -0.462 e. The molecule has 0 radical (unpaired) electrons. The van der Waals surface area contributed by atoms with Crippen molar-refractivity contribution in [2.24, 2.45) is 0 Å². The molecular formula is C20H39BrO2. The summed E-state index contributed by atoms with van der Waals surface area (Å²) in [4.78, 5) is 12.0. The molecule has 3 heteroatoms. The van der Waals surface area contributed by atoms with Gasteiger partial charge in [-0.25, -0.2) is 0 Å². The maximum absolute atomic E-state index is 12.0. The lowest BCUT2D eigenvalue weighted by atomic mass is 10.0. The predicted octanol–water partition coefficient (Wildman–Crippen LogP) is 7.18. The second-order valence-corrected chi connectivity index (χ2v) is 7.46. The lowest BCUT2D eigenvalue weighted by Gasteiger charge is -2.17. The van der Waals surface area contributed by atoms with Crippen molar-refractivity contribution in [3.8, 4) is 0 Å². The standard InChI is InChI=1S/C20H39BrO2/c1-3-5-6-7-9-12-16-19(15-4-2)23-20(22)17-13-10-8-11-14-18-21/h19H,3-18H2,1-2H3. The molecule has 0 aliphatic rings. The molecule has 0 aliphatic heterocycles. The van der Waals surface area contributed by atoms with Crippen LogP contribution in [0, 0.1) is 0 Å². The Morgan fingerprint density at radius 1 is 0.783 bits per heavy atom. The molecule has 0 rings (SSSR count). The SMILES string of the molecule is CCCCCCCCC(CCC)OC(=O)CCCCCCCBr. The quantitative estimate of drug-likeness (QED) is 0.149. The van der Waals surface area contributed by atoms with Crippen LogP contribution in [0.5, 0.6) is 0 Å². The zero-order valence-corrected chi connectivity index (χ0v) is 17.2. The molecule has 138 valence electrons.